The third-order valence-corrected chi connectivity index (χ3v) is 2.43. The average molecular weight is 217 g/mol. The number of rotatable bonds is 1. The minimum absolute atomic E-state index is 0.436. The number of aromatic nitrogens is 2. The van der Waals surface area contributed by atoms with E-state index in [0.29, 0.717) is 11.4 Å². The van der Waals surface area contributed by atoms with Crippen molar-refractivity contribution in [3.8, 4) is 11.4 Å². The summed E-state index contributed by atoms with van der Waals surface area (Å²) in [4.78, 5) is 0. The monoisotopic (exact) mass is 217 g/mol. The molecule has 0 amide bonds. The SMILES string of the molecule is Cc1cc[n+]([O-])c(-c2cc(C)cc[n+]2O)c1. The molecule has 0 saturated heterocycles. The fourth-order valence-corrected chi connectivity index (χ4v) is 1.57. The summed E-state index contributed by atoms with van der Waals surface area (Å²) in [5.74, 6) is 0. The first-order chi connectivity index (χ1) is 7.58. The predicted molar refractivity (Wildman–Crippen MR) is 57.7 cm³/mol. The van der Waals surface area contributed by atoms with Crippen LogP contribution < -0.4 is 9.46 Å². The van der Waals surface area contributed by atoms with Gasteiger partial charge in [0.15, 0.2) is 6.20 Å². The fraction of sp³-hybridized carbons (Fsp3) is 0.167. The highest BCUT2D eigenvalue weighted by Gasteiger charge is 2.21. The van der Waals surface area contributed by atoms with Crippen LogP contribution in [0.15, 0.2) is 36.7 Å². The molecule has 2 rings (SSSR count). The molecule has 4 nitrogen and oxygen atoms in total. The Kier molecular flexibility index (Phi) is 2.48. The first kappa shape index (κ1) is 10.4. The van der Waals surface area contributed by atoms with E-state index in [9.17, 15) is 10.4 Å². The van der Waals surface area contributed by atoms with Crippen molar-refractivity contribution in [1.29, 1.82) is 0 Å². The van der Waals surface area contributed by atoms with E-state index in [-0.39, 0.29) is 0 Å². The van der Waals surface area contributed by atoms with Gasteiger partial charge in [0.1, 0.15) is 0 Å². The topological polar surface area (TPSA) is 51.0 Å². The quantitative estimate of drug-likeness (QED) is 0.442. The Balaban J connectivity index is 2.66. The van der Waals surface area contributed by atoms with Gasteiger partial charge in [0.25, 0.3) is 5.69 Å². The normalized spacial score (nSPS) is 10.4. The summed E-state index contributed by atoms with van der Waals surface area (Å²) < 4.78 is 1.70. The van der Waals surface area contributed by atoms with Crippen molar-refractivity contribution in [3.63, 3.8) is 0 Å². The second-order valence-corrected chi connectivity index (χ2v) is 3.85. The Morgan fingerprint density at radius 2 is 1.56 bits per heavy atom. The van der Waals surface area contributed by atoms with Gasteiger partial charge in [-0.25, -0.2) is 0 Å². The molecule has 0 bridgehead atoms. The van der Waals surface area contributed by atoms with Gasteiger partial charge in [-0.15, -0.1) is 0 Å². The highest BCUT2D eigenvalue weighted by atomic mass is 16.5. The molecule has 0 radical (unpaired) electrons. The maximum Gasteiger partial charge on any atom is 0.329 e. The molecular formula is C12H13N2O2+. The highest BCUT2D eigenvalue weighted by Crippen LogP contribution is 2.12. The molecule has 0 aliphatic heterocycles. The van der Waals surface area contributed by atoms with E-state index in [0.717, 1.165) is 20.6 Å². The zero-order valence-electron chi connectivity index (χ0n) is 9.21. The van der Waals surface area contributed by atoms with Gasteiger partial charge in [-0.3, -0.25) is 5.21 Å². The number of nitrogens with zero attached hydrogens (tertiary/aromatic N) is 2. The van der Waals surface area contributed by atoms with E-state index in [1.165, 1.54) is 12.4 Å². The molecule has 1 N–H and O–H groups in total. The van der Waals surface area contributed by atoms with Crippen molar-refractivity contribution in [3.05, 3.63) is 53.0 Å². The van der Waals surface area contributed by atoms with Gasteiger partial charge in [-0.05, 0) is 25.0 Å². The maximum absolute atomic E-state index is 11.6. The van der Waals surface area contributed by atoms with Crippen molar-refractivity contribution in [1.82, 2.24) is 0 Å². The molecule has 0 fully saturated rings. The highest BCUT2D eigenvalue weighted by molar-refractivity contribution is 5.48. The second-order valence-electron chi connectivity index (χ2n) is 3.85. The van der Waals surface area contributed by atoms with Crippen LogP contribution in [0.4, 0.5) is 0 Å². The Bertz CT molecular complexity index is 489. The van der Waals surface area contributed by atoms with Crippen LogP contribution in [0.25, 0.3) is 11.4 Å². The Hall–Kier alpha value is -2.10. The largest absolute Gasteiger partial charge is 0.618 e. The number of pyridine rings is 2. The summed E-state index contributed by atoms with van der Waals surface area (Å²) in [6.45, 7) is 3.81. The van der Waals surface area contributed by atoms with Gasteiger partial charge in [0.2, 0.25) is 6.20 Å². The summed E-state index contributed by atoms with van der Waals surface area (Å²) in [7, 11) is 0. The molecule has 2 aromatic heterocycles. The standard InChI is InChI=1S/C12H13N2O2/c1-9-3-5-13(15)11(7-9)12-8-10(2)4-6-14(12)16/h3-8,15H,1-2H3/q+1. The minimum atomic E-state index is 0.436. The number of hydrogen-bond acceptors (Lipinski definition) is 2. The van der Waals surface area contributed by atoms with Crippen LogP contribution in [0, 0.1) is 19.1 Å². The van der Waals surface area contributed by atoms with Crippen molar-refractivity contribution < 1.29 is 14.7 Å². The maximum atomic E-state index is 11.6. The van der Waals surface area contributed by atoms with Gasteiger partial charge < -0.3 is 5.21 Å². The number of aryl methyl sites for hydroxylation is 2. The zero-order valence-corrected chi connectivity index (χ0v) is 9.21. The van der Waals surface area contributed by atoms with Crippen LogP contribution in [-0.2, 0) is 0 Å². The van der Waals surface area contributed by atoms with E-state index in [1.807, 2.05) is 13.8 Å². The average Bonchev–Trinajstić information content (AvgIpc) is 2.25. The molecule has 0 spiro atoms. The van der Waals surface area contributed by atoms with Crippen LogP contribution in [0.2, 0.25) is 0 Å². The second kappa shape index (κ2) is 3.81. The lowest BCUT2D eigenvalue weighted by molar-refractivity contribution is -0.898. The van der Waals surface area contributed by atoms with E-state index >= 15 is 0 Å². The van der Waals surface area contributed by atoms with E-state index in [1.54, 1.807) is 24.3 Å². The first-order valence-electron chi connectivity index (χ1n) is 4.99. The van der Waals surface area contributed by atoms with Crippen LogP contribution in [0.5, 0.6) is 0 Å². The Labute approximate surface area is 93.6 Å². The molecule has 2 heterocycles. The molecule has 0 atom stereocenters. The molecule has 82 valence electrons. The third kappa shape index (κ3) is 1.82. The lowest BCUT2D eigenvalue weighted by Crippen LogP contribution is -2.38. The molecule has 0 aromatic carbocycles. The lowest BCUT2D eigenvalue weighted by Gasteiger charge is -2.02. The molecule has 4 heteroatoms. The summed E-state index contributed by atoms with van der Waals surface area (Å²) >= 11 is 0. The summed E-state index contributed by atoms with van der Waals surface area (Å²) in [5, 5.41) is 21.3. The van der Waals surface area contributed by atoms with Crippen LogP contribution in [-0.4, -0.2) is 5.21 Å². The van der Waals surface area contributed by atoms with E-state index in [4.69, 9.17) is 0 Å². The minimum Gasteiger partial charge on any atom is -0.618 e. The van der Waals surface area contributed by atoms with Gasteiger partial charge in [0.05, 0.1) is 0 Å². The van der Waals surface area contributed by atoms with Crippen molar-refractivity contribution >= 4 is 0 Å². The molecule has 0 unspecified atom stereocenters. The Morgan fingerprint density at radius 3 is 2.25 bits per heavy atom. The van der Waals surface area contributed by atoms with E-state index in [2.05, 4.69) is 0 Å². The summed E-state index contributed by atoms with van der Waals surface area (Å²) in [6, 6.07) is 7.01. The van der Waals surface area contributed by atoms with Gasteiger partial charge in [-0.2, -0.15) is 4.73 Å². The van der Waals surface area contributed by atoms with Crippen molar-refractivity contribution in [2.24, 2.45) is 0 Å². The Morgan fingerprint density at radius 1 is 1.00 bits per heavy atom. The van der Waals surface area contributed by atoms with Crippen LogP contribution >= 0.6 is 0 Å². The van der Waals surface area contributed by atoms with Crippen LogP contribution in [0.1, 0.15) is 11.1 Å². The molecular weight excluding hydrogens is 204 g/mol. The smallest absolute Gasteiger partial charge is 0.329 e. The van der Waals surface area contributed by atoms with E-state index < -0.39 is 0 Å². The van der Waals surface area contributed by atoms with Crippen LogP contribution in [0.3, 0.4) is 0 Å². The molecule has 0 saturated carbocycles. The lowest BCUT2D eigenvalue weighted by atomic mass is 10.1. The molecule has 16 heavy (non-hydrogen) atoms. The van der Waals surface area contributed by atoms with Gasteiger partial charge >= 0.3 is 5.69 Å². The zero-order chi connectivity index (χ0) is 11.7. The fourth-order valence-electron chi connectivity index (χ4n) is 1.57. The summed E-state index contributed by atoms with van der Waals surface area (Å²) in [6.07, 6.45) is 2.96. The van der Waals surface area contributed by atoms with Gasteiger partial charge in [0, 0.05) is 29.0 Å². The first-order valence-corrected chi connectivity index (χ1v) is 4.99. The van der Waals surface area contributed by atoms with Gasteiger partial charge in [-0.1, -0.05) is 0 Å². The van der Waals surface area contributed by atoms with Crippen molar-refractivity contribution in [2.75, 3.05) is 0 Å². The molecule has 0 aliphatic carbocycles. The molecule has 2 aromatic rings. The predicted octanol–water partition coefficient (Wildman–Crippen LogP) is 1.13. The third-order valence-electron chi connectivity index (χ3n) is 2.43. The number of hydrogen-bond donors (Lipinski definition) is 1. The molecule has 0 aliphatic rings. The van der Waals surface area contributed by atoms with Crippen molar-refractivity contribution in [2.45, 2.75) is 13.8 Å². The summed E-state index contributed by atoms with van der Waals surface area (Å²) in [5.41, 5.74) is 2.88.